The number of hydrogen-bond donors (Lipinski definition) is 1. The fourth-order valence-electron chi connectivity index (χ4n) is 2.37. The Balaban J connectivity index is 2.04. The Morgan fingerprint density at radius 2 is 2.30 bits per heavy atom. The van der Waals surface area contributed by atoms with Crippen molar-refractivity contribution in [3.8, 4) is 5.75 Å². The maximum Gasteiger partial charge on any atom is 0.265 e. The largest absolute Gasteiger partial charge is 0.495 e. The van der Waals surface area contributed by atoms with Crippen LogP contribution >= 0.6 is 23.1 Å². The summed E-state index contributed by atoms with van der Waals surface area (Å²) < 4.78 is 5.27. The van der Waals surface area contributed by atoms with E-state index >= 15 is 0 Å². The molecule has 4 nitrogen and oxygen atoms in total. The molecule has 2 heterocycles. The van der Waals surface area contributed by atoms with Crippen molar-refractivity contribution >= 4 is 29.0 Å². The molecule has 6 heteroatoms. The van der Waals surface area contributed by atoms with E-state index in [0.29, 0.717) is 17.2 Å². The van der Waals surface area contributed by atoms with E-state index in [9.17, 15) is 4.79 Å². The molecule has 1 aliphatic rings. The van der Waals surface area contributed by atoms with Gasteiger partial charge in [-0.25, -0.2) is 0 Å². The lowest BCUT2D eigenvalue weighted by Gasteiger charge is -2.35. The summed E-state index contributed by atoms with van der Waals surface area (Å²) >= 11 is 3.43. The molecule has 2 rings (SSSR count). The molecule has 1 aliphatic heterocycles. The molecule has 112 valence electrons. The van der Waals surface area contributed by atoms with Crippen molar-refractivity contribution in [3.63, 3.8) is 0 Å². The summed E-state index contributed by atoms with van der Waals surface area (Å²) in [5.74, 6) is 2.87. The summed E-state index contributed by atoms with van der Waals surface area (Å²) in [5.41, 5.74) is 0.0832. The van der Waals surface area contributed by atoms with Gasteiger partial charge < -0.3 is 15.0 Å². The maximum atomic E-state index is 12.4. The number of thioether (sulfide) groups is 1. The first kappa shape index (κ1) is 15.7. The SMILES string of the molecule is COc1cc(C)sc1C(=O)NCC1(N(C)C)CCSC1. The quantitative estimate of drug-likeness (QED) is 0.905. The molecule has 1 amide bonds. The van der Waals surface area contributed by atoms with Crippen LogP contribution in [0.3, 0.4) is 0 Å². The average Bonchev–Trinajstić information content (AvgIpc) is 3.03. The van der Waals surface area contributed by atoms with Crippen molar-refractivity contribution in [2.24, 2.45) is 0 Å². The number of methoxy groups -OCH3 is 1. The summed E-state index contributed by atoms with van der Waals surface area (Å²) in [4.78, 5) is 16.4. The number of nitrogens with one attached hydrogen (secondary N) is 1. The highest BCUT2D eigenvalue weighted by atomic mass is 32.2. The van der Waals surface area contributed by atoms with E-state index in [2.05, 4.69) is 24.3 Å². The van der Waals surface area contributed by atoms with Crippen molar-refractivity contribution in [2.75, 3.05) is 39.3 Å². The van der Waals surface area contributed by atoms with Gasteiger partial charge >= 0.3 is 0 Å². The van der Waals surface area contributed by atoms with E-state index in [0.717, 1.165) is 22.8 Å². The minimum absolute atomic E-state index is 0.0296. The molecular formula is C14H22N2O2S2. The van der Waals surface area contributed by atoms with Crippen molar-refractivity contribution in [1.82, 2.24) is 10.2 Å². The fraction of sp³-hybridized carbons (Fsp3) is 0.643. The highest BCUT2D eigenvalue weighted by molar-refractivity contribution is 7.99. The Hall–Kier alpha value is -0.720. The molecule has 1 atom stereocenters. The molecule has 1 aromatic heterocycles. The second-order valence-corrected chi connectivity index (χ2v) is 7.72. The molecular weight excluding hydrogens is 292 g/mol. The number of likely N-dealkylation sites (N-methyl/N-ethyl adjacent to an activating group) is 1. The number of aryl methyl sites for hydroxylation is 1. The first-order valence-corrected chi connectivity index (χ1v) is 8.63. The predicted octanol–water partition coefficient (Wildman–Crippen LogP) is 2.23. The third-order valence-corrected chi connectivity index (χ3v) is 6.12. The van der Waals surface area contributed by atoms with Crippen molar-refractivity contribution in [3.05, 3.63) is 15.8 Å². The number of rotatable bonds is 5. The summed E-state index contributed by atoms with van der Waals surface area (Å²) in [6.45, 7) is 2.67. The molecule has 0 radical (unpaired) electrons. The zero-order valence-corrected chi connectivity index (χ0v) is 14.1. The van der Waals surface area contributed by atoms with E-state index < -0.39 is 0 Å². The summed E-state index contributed by atoms with van der Waals surface area (Å²) in [6.07, 6.45) is 1.12. The van der Waals surface area contributed by atoms with Gasteiger partial charge in [0.2, 0.25) is 0 Å². The normalized spacial score (nSPS) is 22.2. The van der Waals surface area contributed by atoms with Gasteiger partial charge in [-0.2, -0.15) is 11.8 Å². The average molecular weight is 314 g/mol. The molecule has 0 spiro atoms. The number of hydrogen-bond acceptors (Lipinski definition) is 5. The van der Waals surface area contributed by atoms with Crippen LogP contribution in [-0.4, -0.2) is 55.6 Å². The van der Waals surface area contributed by atoms with Crippen LogP contribution in [0, 0.1) is 6.92 Å². The Morgan fingerprint density at radius 3 is 2.85 bits per heavy atom. The molecule has 0 bridgehead atoms. The van der Waals surface area contributed by atoms with Gasteiger partial charge in [0, 0.05) is 22.7 Å². The van der Waals surface area contributed by atoms with Crippen LogP contribution in [0.2, 0.25) is 0 Å². The van der Waals surface area contributed by atoms with Gasteiger partial charge in [-0.1, -0.05) is 0 Å². The zero-order valence-electron chi connectivity index (χ0n) is 12.5. The molecule has 20 heavy (non-hydrogen) atoms. The van der Waals surface area contributed by atoms with E-state index in [4.69, 9.17) is 4.74 Å². The number of thiophene rings is 1. The molecule has 0 saturated carbocycles. The van der Waals surface area contributed by atoms with Crippen LogP contribution in [0.25, 0.3) is 0 Å². The predicted molar refractivity (Wildman–Crippen MR) is 86.3 cm³/mol. The van der Waals surface area contributed by atoms with E-state index in [-0.39, 0.29) is 11.4 Å². The standard InChI is InChI=1S/C14H22N2O2S2/c1-10-7-11(18-4)12(20-10)13(17)15-8-14(16(2)3)5-6-19-9-14/h7H,5-6,8-9H2,1-4H3,(H,15,17). The molecule has 1 aromatic rings. The summed E-state index contributed by atoms with van der Waals surface area (Å²) in [5, 5.41) is 3.09. The number of amides is 1. The van der Waals surface area contributed by atoms with Crippen LogP contribution in [0.15, 0.2) is 6.07 Å². The van der Waals surface area contributed by atoms with Crippen molar-refractivity contribution < 1.29 is 9.53 Å². The highest BCUT2D eigenvalue weighted by Crippen LogP contribution is 2.32. The van der Waals surface area contributed by atoms with Crippen LogP contribution in [0.4, 0.5) is 0 Å². The minimum atomic E-state index is -0.0296. The number of ether oxygens (including phenoxy) is 1. The number of carbonyl (C=O) groups excluding carboxylic acids is 1. The lowest BCUT2D eigenvalue weighted by Crippen LogP contribution is -2.52. The van der Waals surface area contributed by atoms with Crippen LogP contribution in [0.5, 0.6) is 5.75 Å². The summed E-state index contributed by atoms with van der Waals surface area (Å²) in [7, 11) is 5.79. The second kappa shape index (κ2) is 6.37. The zero-order chi connectivity index (χ0) is 14.8. The third kappa shape index (κ3) is 3.13. The van der Waals surface area contributed by atoms with Gasteiger partial charge in [0.25, 0.3) is 5.91 Å². The van der Waals surface area contributed by atoms with E-state index in [1.54, 1.807) is 7.11 Å². The molecule has 0 aromatic carbocycles. The van der Waals surface area contributed by atoms with Crippen molar-refractivity contribution in [2.45, 2.75) is 18.9 Å². The van der Waals surface area contributed by atoms with Gasteiger partial charge in [-0.05, 0) is 39.3 Å². The minimum Gasteiger partial charge on any atom is -0.495 e. The molecule has 1 fully saturated rings. The van der Waals surface area contributed by atoms with E-state index in [1.807, 2.05) is 24.8 Å². The van der Waals surface area contributed by atoms with Gasteiger partial charge in [0.15, 0.2) is 0 Å². The Labute approximate surface area is 128 Å². The molecule has 1 unspecified atom stereocenters. The second-order valence-electron chi connectivity index (χ2n) is 5.36. The van der Waals surface area contributed by atoms with Gasteiger partial charge in [-0.15, -0.1) is 11.3 Å². The van der Waals surface area contributed by atoms with E-state index in [1.165, 1.54) is 11.3 Å². The lowest BCUT2D eigenvalue weighted by atomic mass is 9.97. The highest BCUT2D eigenvalue weighted by Gasteiger charge is 2.37. The maximum absolute atomic E-state index is 12.4. The smallest absolute Gasteiger partial charge is 0.265 e. The third-order valence-electron chi connectivity index (χ3n) is 3.86. The van der Waals surface area contributed by atoms with Crippen LogP contribution in [-0.2, 0) is 0 Å². The monoisotopic (exact) mass is 314 g/mol. The Bertz CT molecular complexity index is 480. The van der Waals surface area contributed by atoms with Gasteiger partial charge in [0.05, 0.1) is 7.11 Å². The van der Waals surface area contributed by atoms with Crippen LogP contribution < -0.4 is 10.1 Å². The fourth-order valence-corrected chi connectivity index (χ4v) is 4.82. The lowest BCUT2D eigenvalue weighted by molar-refractivity contribution is 0.0915. The molecule has 1 saturated heterocycles. The topological polar surface area (TPSA) is 41.6 Å². The van der Waals surface area contributed by atoms with Crippen molar-refractivity contribution in [1.29, 1.82) is 0 Å². The van der Waals surface area contributed by atoms with Crippen LogP contribution in [0.1, 0.15) is 21.0 Å². The first-order valence-electron chi connectivity index (χ1n) is 6.66. The summed E-state index contributed by atoms with van der Waals surface area (Å²) in [6, 6.07) is 1.91. The first-order chi connectivity index (χ1) is 9.48. The number of nitrogens with zero attached hydrogens (tertiary/aromatic N) is 1. The molecule has 1 N–H and O–H groups in total. The Morgan fingerprint density at radius 1 is 1.55 bits per heavy atom. The Kier molecular flexibility index (Phi) is 4.99. The molecule has 0 aliphatic carbocycles. The number of carbonyl (C=O) groups is 1. The van der Waals surface area contributed by atoms with Gasteiger partial charge in [-0.3, -0.25) is 4.79 Å². The van der Waals surface area contributed by atoms with Gasteiger partial charge in [0.1, 0.15) is 10.6 Å².